The first-order valence-electron chi connectivity index (χ1n) is 10.1. The zero-order chi connectivity index (χ0) is 24.0. The van der Waals surface area contributed by atoms with Crippen molar-refractivity contribution in [1.29, 1.82) is 0 Å². The number of fused-ring (bicyclic) bond motifs is 1. The standard InChI is InChI=1S/C24H19Cl2F3N2O2/c1-13(32)30-12-14-7-8-18(17-6-4-3-5-16(14)17)21-11-23(2,33-31-21)15-9-19(24(27,28)29)22(26)20(25)10-15/h3-10H,11-12H2,1-2H3,(H,30,32). The third kappa shape index (κ3) is 4.52. The first-order valence-corrected chi connectivity index (χ1v) is 10.8. The van der Waals surface area contributed by atoms with Gasteiger partial charge in [0.2, 0.25) is 5.91 Å². The van der Waals surface area contributed by atoms with Gasteiger partial charge in [-0.05, 0) is 35.4 Å². The summed E-state index contributed by atoms with van der Waals surface area (Å²) in [5, 5.41) is 8.11. The van der Waals surface area contributed by atoms with Crippen LogP contribution in [-0.4, -0.2) is 11.6 Å². The minimum absolute atomic E-state index is 0.132. The summed E-state index contributed by atoms with van der Waals surface area (Å²) < 4.78 is 40.3. The molecule has 1 aliphatic heterocycles. The molecule has 33 heavy (non-hydrogen) atoms. The summed E-state index contributed by atoms with van der Waals surface area (Å²) in [6.07, 6.45) is -4.42. The van der Waals surface area contributed by atoms with Crippen molar-refractivity contribution in [3.63, 3.8) is 0 Å². The number of carbonyl (C=O) groups is 1. The van der Waals surface area contributed by atoms with Crippen LogP contribution in [0.3, 0.4) is 0 Å². The predicted octanol–water partition coefficient (Wildman–Crippen LogP) is 6.84. The fraction of sp³-hybridized carbons (Fsp3) is 0.250. The number of hydrogen-bond donors (Lipinski definition) is 1. The summed E-state index contributed by atoms with van der Waals surface area (Å²) >= 11 is 11.8. The topological polar surface area (TPSA) is 50.7 Å². The van der Waals surface area contributed by atoms with Gasteiger partial charge in [0.1, 0.15) is 0 Å². The highest BCUT2D eigenvalue weighted by Gasteiger charge is 2.41. The predicted molar refractivity (Wildman–Crippen MR) is 123 cm³/mol. The van der Waals surface area contributed by atoms with Crippen LogP contribution in [0.1, 0.15) is 42.5 Å². The number of halogens is 5. The van der Waals surface area contributed by atoms with Crippen LogP contribution in [0.15, 0.2) is 53.7 Å². The van der Waals surface area contributed by atoms with Crippen molar-refractivity contribution in [2.75, 3.05) is 0 Å². The Bertz CT molecular complexity index is 1290. The Morgan fingerprint density at radius 3 is 2.52 bits per heavy atom. The van der Waals surface area contributed by atoms with Gasteiger partial charge in [0.25, 0.3) is 0 Å². The molecule has 1 aliphatic rings. The zero-order valence-electron chi connectivity index (χ0n) is 17.7. The molecule has 1 amide bonds. The number of nitrogens with zero attached hydrogens (tertiary/aromatic N) is 1. The van der Waals surface area contributed by atoms with Crippen molar-refractivity contribution in [3.8, 4) is 0 Å². The van der Waals surface area contributed by atoms with Gasteiger partial charge in [0.05, 0.1) is 21.3 Å². The zero-order valence-corrected chi connectivity index (χ0v) is 19.2. The van der Waals surface area contributed by atoms with E-state index < -0.39 is 22.4 Å². The fourth-order valence-electron chi connectivity index (χ4n) is 3.93. The molecule has 9 heteroatoms. The van der Waals surface area contributed by atoms with E-state index in [4.69, 9.17) is 28.0 Å². The maximum Gasteiger partial charge on any atom is 0.417 e. The maximum atomic E-state index is 13.4. The lowest BCUT2D eigenvalue weighted by Gasteiger charge is -2.24. The third-order valence-electron chi connectivity index (χ3n) is 5.66. The van der Waals surface area contributed by atoms with E-state index in [0.29, 0.717) is 12.3 Å². The Morgan fingerprint density at radius 2 is 1.85 bits per heavy atom. The molecule has 0 aromatic heterocycles. The van der Waals surface area contributed by atoms with Crippen molar-refractivity contribution >= 4 is 45.6 Å². The van der Waals surface area contributed by atoms with Gasteiger partial charge < -0.3 is 10.2 Å². The normalized spacial score (nSPS) is 18.2. The van der Waals surface area contributed by atoms with Crippen LogP contribution >= 0.6 is 23.2 Å². The molecule has 1 heterocycles. The summed E-state index contributed by atoms with van der Waals surface area (Å²) in [5.74, 6) is -0.132. The smallest absolute Gasteiger partial charge is 0.384 e. The Kier molecular flexibility index (Phi) is 6.05. The Morgan fingerprint density at radius 1 is 1.15 bits per heavy atom. The second-order valence-corrected chi connectivity index (χ2v) is 8.87. The quantitative estimate of drug-likeness (QED) is 0.431. The van der Waals surface area contributed by atoms with Gasteiger partial charge >= 0.3 is 6.18 Å². The molecule has 4 nitrogen and oxygen atoms in total. The number of rotatable bonds is 4. The summed E-state index contributed by atoms with van der Waals surface area (Å²) in [4.78, 5) is 17.0. The third-order valence-corrected chi connectivity index (χ3v) is 6.46. The van der Waals surface area contributed by atoms with E-state index in [2.05, 4.69) is 10.5 Å². The summed E-state index contributed by atoms with van der Waals surface area (Å²) in [7, 11) is 0. The molecule has 1 unspecified atom stereocenters. The highest BCUT2D eigenvalue weighted by atomic mass is 35.5. The molecule has 1 N–H and O–H groups in total. The van der Waals surface area contributed by atoms with Gasteiger partial charge in [0, 0.05) is 31.0 Å². The summed E-state index contributed by atoms with van der Waals surface area (Å²) in [5.41, 5.74) is 0.398. The van der Waals surface area contributed by atoms with Crippen LogP contribution in [-0.2, 0) is 28.0 Å². The van der Waals surface area contributed by atoms with E-state index in [0.717, 1.165) is 28.0 Å². The van der Waals surface area contributed by atoms with Crippen LogP contribution in [0.4, 0.5) is 13.2 Å². The minimum Gasteiger partial charge on any atom is -0.384 e. The number of amides is 1. The average molecular weight is 495 g/mol. The first-order chi connectivity index (χ1) is 15.5. The monoisotopic (exact) mass is 494 g/mol. The molecule has 1 atom stereocenters. The fourth-order valence-corrected chi connectivity index (χ4v) is 4.36. The van der Waals surface area contributed by atoms with E-state index in [1.807, 2.05) is 36.4 Å². The van der Waals surface area contributed by atoms with E-state index in [-0.39, 0.29) is 22.9 Å². The van der Waals surface area contributed by atoms with Crippen LogP contribution in [0.2, 0.25) is 10.0 Å². The van der Waals surface area contributed by atoms with Gasteiger partial charge in [-0.25, -0.2) is 0 Å². The van der Waals surface area contributed by atoms with Gasteiger partial charge in [-0.15, -0.1) is 0 Å². The van der Waals surface area contributed by atoms with Crippen molar-refractivity contribution in [2.24, 2.45) is 5.16 Å². The number of alkyl halides is 3. The number of oxime groups is 1. The molecule has 0 saturated carbocycles. The van der Waals surface area contributed by atoms with Gasteiger partial charge in [-0.2, -0.15) is 13.2 Å². The van der Waals surface area contributed by atoms with E-state index in [1.165, 1.54) is 13.0 Å². The summed E-state index contributed by atoms with van der Waals surface area (Å²) in [6.45, 7) is 3.49. The van der Waals surface area contributed by atoms with Crippen molar-refractivity contribution in [1.82, 2.24) is 5.32 Å². The molecular weight excluding hydrogens is 476 g/mol. The molecule has 0 saturated heterocycles. The van der Waals surface area contributed by atoms with E-state index in [1.54, 1.807) is 6.92 Å². The largest absolute Gasteiger partial charge is 0.417 e. The molecule has 3 aromatic carbocycles. The number of carbonyl (C=O) groups excluding carboxylic acids is 1. The Balaban J connectivity index is 1.70. The molecule has 0 spiro atoms. The first kappa shape index (κ1) is 23.4. The second-order valence-electron chi connectivity index (χ2n) is 8.08. The SMILES string of the molecule is CC(=O)NCc1ccc(C2=NOC(C)(c3cc(Cl)c(Cl)c(C(F)(F)F)c3)C2)c2ccccc12. The van der Waals surface area contributed by atoms with Crippen molar-refractivity contribution in [2.45, 2.75) is 38.6 Å². The lowest BCUT2D eigenvalue weighted by molar-refractivity contribution is -0.137. The number of nitrogens with one attached hydrogen (secondary N) is 1. The van der Waals surface area contributed by atoms with Crippen LogP contribution in [0.5, 0.6) is 0 Å². The molecule has 4 rings (SSSR count). The maximum absolute atomic E-state index is 13.4. The molecule has 3 aromatic rings. The molecule has 0 bridgehead atoms. The summed E-state index contributed by atoms with van der Waals surface area (Å²) in [6, 6.07) is 13.8. The lowest BCUT2D eigenvalue weighted by Crippen LogP contribution is -2.23. The highest BCUT2D eigenvalue weighted by molar-refractivity contribution is 6.42. The lowest BCUT2D eigenvalue weighted by atomic mass is 9.86. The Labute approximate surface area is 198 Å². The van der Waals surface area contributed by atoms with Crippen LogP contribution in [0, 0.1) is 0 Å². The molecule has 172 valence electrons. The molecule has 0 fully saturated rings. The van der Waals surface area contributed by atoms with Gasteiger partial charge in [0.15, 0.2) is 5.60 Å². The van der Waals surface area contributed by atoms with Crippen molar-refractivity contribution in [3.05, 3.63) is 80.8 Å². The average Bonchev–Trinajstić information content (AvgIpc) is 3.15. The van der Waals surface area contributed by atoms with Crippen molar-refractivity contribution < 1.29 is 22.8 Å². The van der Waals surface area contributed by atoms with Gasteiger partial charge in [-0.1, -0.05) is 64.8 Å². The molecule has 0 radical (unpaired) electrons. The Hall–Kier alpha value is -2.77. The molecule has 0 aliphatic carbocycles. The van der Waals surface area contributed by atoms with E-state index >= 15 is 0 Å². The number of benzene rings is 3. The second kappa shape index (κ2) is 8.54. The highest BCUT2D eigenvalue weighted by Crippen LogP contribution is 2.44. The van der Waals surface area contributed by atoms with Gasteiger partial charge in [-0.3, -0.25) is 4.79 Å². The van der Waals surface area contributed by atoms with Crippen LogP contribution in [0.25, 0.3) is 10.8 Å². The molecular formula is C24H19Cl2F3N2O2. The minimum atomic E-state index is -4.66. The number of hydrogen-bond acceptors (Lipinski definition) is 3. The van der Waals surface area contributed by atoms with Crippen LogP contribution < -0.4 is 5.32 Å². The van der Waals surface area contributed by atoms with E-state index in [9.17, 15) is 18.0 Å².